The van der Waals surface area contributed by atoms with Gasteiger partial charge in [0.05, 0.1) is 11.7 Å². The molecule has 1 aliphatic rings. The summed E-state index contributed by atoms with van der Waals surface area (Å²) in [5, 5.41) is 0. The molecule has 0 aromatic carbocycles. The number of imidazole rings is 1. The number of nitrogens with zero attached hydrogens (tertiary/aromatic N) is 3. The summed E-state index contributed by atoms with van der Waals surface area (Å²) in [7, 11) is 2.18. The van der Waals surface area contributed by atoms with E-state index in [9.17, 15) is 0 Å². The fourth-order valence-electron chi connectivity index (χ4n) is 2.72. The van der Waals surface area contributed by atoms with Crippen LogP contribution < -0.4 is 5.73 Å². The molecule has 2 aromatic heterocycles. The number of rotatable bonds is 1. The number of pyridine rings is 1. The Labute approximate surface area is 101 Å². The lowest BCUT2D eigenvalue weighted by Gasteiger charge is -2.28. The Morgan fingerprint density at radius 2 is 2.35 bits per heavy atom. The van der Waals surface area contributed by atoms with Crippen molar-refractivity contribution in [2.24, 2.45) is 0 Å². The summed E-state index contributed by atoms with van der Waals surface area (Å²) in [6.07, 6.45) is 6.43. The topological polar surface area (TPSA) is 46.6 Å². The summed E-state index contributed by atoms with van der Waals surface area (Å²) in [6.45, 7) is 2.30. The van der Waals surface area contributed by atoms with E-state index in [1.54, 1.807) is 0 Å². The zero-order chi connectivity index (χ0) is 11.8. The third-order valence-corrected chi connectivity index (χ3v) is 3.57. The van der Waals surface area contributed by atoms with Crippen molar-refractivity contribution in [1.82, 2.24) is 14.3 Å². The van der Waals surface area contributed by atoms with Gasteiger partial charge in [-0.25, -0.2) is 4.98 Å². The van der Waals surface area contributed by atoms with Crippen molar-refractivity contribution in [3.8, 4) is 0 Å². The highest BCUT2D eigenvalue weighted by molar-refractivity contribution is 5.56. The highest BCUT2D eigenvalue weighted by atomic mass is 15.1. The molecule has 1 unspecified atom stereocenters. The minimum Gasteiger partial charge on any atom is -0.399 e. The minimum absolute atomic E-state index is 0.542. The van der Waals surface area contributed by atoms with Gasteiger partial charge < -0.3 is 15.0 Å². The average Bonchev–Trinajstić information content (AvgIpc) is 2.71. The predicted octanol–water partition coefficient (Wildman–Crippen LogP) is 1.73. The fraction of sp³-hybridized carbons (Fsp3) is 0.462. The van der Waals surface area contributed by atoms with E-state index in [0.29, 0.717) is 5.92 Å². The zero-order valence-electron chi connectivity index (χ0n) is 10.1. The SMILES string of the molecule is CN1CCCC(c2ncc3cc(N)ccn23)C1. The maximum Gasteiger partial charge on any atom is 0.117 e. The van der Waals surface area contributed by atoms with Crippen LogP contribution in [0.15, 0.2) is 24.5 Å². The van der Waals surface area contributed by atoms with Gasteiger partial charge in [0.2, 0.25) is 0 Å². The van der Waals surface area contributed by atoms with Gasteiger partial charge in [-0.3, -0.25) is 0 Å². The number of hydrogen-bond acceptors (Lipinski definition) is 3. The van der Waals surface area contributed by atoms with Crippen LogP contribution in [-0.4, -0.2) is 34.4 Å². The van der Waals surface area contributed by atoms with Crippen molar-refractivity contribution in [2.75, 3.05) is 25.9 Å². The molecule has 1 fully saturated rings. The molecule has 2 aromatic rings. The van der Waals surface area contributed by atoms with Gasteiger partial charge in [-0.1, -0.05) is 0 Å². The lowest BCUT2D eigenvalue weighted by Crippen LogP contribution is -2.31. The lowest BCUT2D eigenvalue weighted by molar-refractivity contribution is 0.245. The first-order valence-electron chi connectivity index (χ1n) is 6.15. The number of anilines is 1. The molecular weight excluding hydrogens is 212 g/mol. The molecule has 0 aliphatic carbocycles. The molecule has 3 heterocycles. The molecule has 3 rings (SSSR count). The molecule has 4 heteroatoms. The van der Waals surface area contributed by atoms with Crippen LogP contribution >= 0.6 is 0 Å². The first kappa shape index (κ1) is 10.6. The maximum atomic E-state index is 5.78. The summed E-state index contributed by atoms with van der Waals surface area (Å²) >= 11 is 0. The summed E-state index contributed by atoms with van der Waals surface area (Å²) in [6, 6.07) is 3.91. The van der Waals surface area contributed by atoms with Crippen molar-refractivity contribution in [2.45, 2.75) is 18.8 Å². The Balaban J connectivity index is 1.99. The number of fused-ring (bicyclic) bond motifs is 1. The molecular formula is C13H18N4. The number of piperidine rings is 1. The van der Waals surface area contributed by atoms with Crippen LogP contribution in [0.25, 0.3) is 5.52 Å². The van der Waals surface area contributed by atoms with Crippen LogP contribution in [0.3, 0.4) is 0 Å². The monoisotopic (exact) mass is 230 g/mol. The molecule has 17 heavy (non-hydrogen) atoms. The van der Waals surface area contributed by atoms with E-state index in [1.165, 1.54) is 25.2 Å². The van der Waals surface area contributed by atoms with Crippen LogP contribution in [0.1, 0.15) is 24.6 Å². The Morgan fingerprint density at radius 3 is 3.18 bits per heavy atom. The Morgan fingerprint density at radius 1 is 1.47 bits per heavy atom. The summed E-state index contributed by atoms with van der Waals surface area (Å²) in [5.41, 5.74) is 7.67. The van der Waals surface area contributed by atoms with Crippen LogP contribution in [-0.2, 0) is 0 Å². The predicted molar refractivity (Wildman–Crippen MR) is 69.1 cm³/mol. The van der Waals surface area contributed by atoms with Gasteiger partial charge in [0, 0.05) is 24.3 Å². The van der Waals surface area contributed by atoms with Crippen LogP contribution in [0, 0.1) is 0 Å². The van der Waals surface area contributed by atoms with Crippen molar-refractivity contribution < 1.29 is 0 Å². The van der Waals surface area contributed by atoms with Crippen molar-refractivity contribution in [3.05, 3.63) is 30.4 Å². The molecule has 0 amide bonds. The second-order valence-electron chi connectivity index (χ2n) is 4.97. The number of likely N-dealkylation sites (tertiary alicyclic amines) is 1. The quantitative estimate of drug-likeness (QED) is 0.811. The van der Waals surface area contributed by atoms with Gasteiger partial charge >= 0.3 is 0 Å². The van der Waals surface area contributed by atoms with Gasteiger partial charge in [-0.2, -0.15) is 0 Å². The van der Waals surface area contributed by atoms with Crippen molar-refractivity contribution in [3.63, 3.8) is 0 Å². The second-order valence-corrected chi connectivity index (χ2v) is 4.97. The molecule has 90 valence electrons. The molecule has 0 bridgehead atoms. The highest BCUT2D eigenvalue weighted by Crippen LogP contribution is 2.26. The third-order valence-electron chi connectivity index (χ3n) is 3.57. The van der Waals surface area contributed by atoms with Gasteiger partial charge in [0.25, 0.3) is 0 Å². The number of aromatic nitrogens is 2. The average molecular weight is 230 g/mol. The Hall–Kier alpha value is -1.55. The summed E-state index contributed by atoms with van der Waals surface area (Å²) < 4.78 is 2.17. The molecule has 0 spiro atoms. The van der Waals surface area contributed by atoms with Crippen LogP contribution in [0.2, 0.25) is 0 Å². The lowest BCUT2D eigenvalue weighted by atomic mass is 9.98. The van der Waals surface area contributed by atoms with E-state index in [0.717, 1.165) is 17.7 Å². The maximum absolute atomic E-state index is 5.78. The van der Waals surface area contributed by atoms with Crippen LogP contribution in [0.5, 0.6) is 0 Å². The van der Waals surface area contributed by atoms with E-state index in [-0.39, 0.29) is 0 Å². The molecule has 1 atom stereocenters. The smallest absolute Gasteiger partial charge is 0.117 e. The summed E-state index contributed by atoms with van der Waals surface area (Å²) in [5.74, 6) is 1.71. The van der Waals surface area contributed by atoms with E-state index >= 15 is 0 Å². The van der Waals surface area contributed by atoms with E-state index in [1.807, 2.05) is 24.5 Å². The normalized spacial score (nSPS) is 22.1. The standard InChI is InChI=1S/C13H18N4/c1-16-5-2-3-10(9-16)13-15-8-12-7-11(14)4-6-17(12)13/h4,6-8,10H,2-3,5,9,14H2,1H3. The molecule has 1 saturated heterocycles. The second kappa shape index (κ2) is 4.04. The first-order valence-corrected chi connectivity index (χ1v) is 6.15. The molecule has 4 nitrogen and oxygen atoms in total. The number of likely N-dealkylation sites (N-methyl/N-ethyl adjacent to an activating group) is 1. The Bertz CT molecular complexity index is 531. The van der Waals surface area contributed by atoms with Gasteiger partial charge in [-0.05, 0) is 38.6 Å². The van der Waals surface area contributed by atoms with E-state index in [2.05, 4.69) is 21.3 Å². The largest absolute Gasteiger partial charge is 0.399 e. The Kier molecular flexibility index (Phi) is 2.52. The molecule has 0 radical (unpaired) electrons. The third kappa shape index (κ3) is 1.89. The van der Waals surface area contributed by atoms with Crippen molar-refractivity contribution in [1.29, 1.82) is 0 Å². The van der Waals surface area contributed by atoms with Gasteiger partial charge in [-0.15, -0.1) is 0 Å². The summed E-state index contributed by atoms with van der Waals surface area (Å²) in [4.78, 5) is 6.96. The molecule has 2 N–H and O–H groups in total. The van der Waals surface area contributed by atoms with Crippen LogP contribution in [0.4, 0.5) is 5.69 Å². The number of nitrogen functional groups attached to an aromatic ring is 1. The molecule has 0 saturated carbocycles. The molecule has 1 aliphatic heterocycles. The van der Waals surface area contributed by atoms with E-state index in [4.69, 9.17) is 5.73 Å². The zero-order valence-corrected chi connectivity index (χ0v) is 10.1. The fourth-order valence-corrected chi connectivity index (χ4v) is 2.72. The number of nitrogens with two attached hydrogens (primary N) is 1. The van der Waals surface area contributed by atoms with Gasteiger partial charge in [0.15, 0.2) is 0 Å². The number of hydrogen-bond donors (Lipinski definition) is 1. The van der Waals surface area contributed by atoms with E-state index < -0.39 is 0 Å². The van der Waals surface area contributed by atoms with Gasteiger partial charge in [0.1, 0.15) is 5.82 Å². The first-order chi connectivity index (χ1) is 8.24. The highest BCUT2D eigenvalue weighted by Gasteiger charge is 2.22. The minimum atomic E-state index is 0.542. The van der Waals surface area contributed by atoms with Crippen molar-refractivity contribution >= 4 is 11.2 Å².